The lowest BCUT2D eigenvalue weighted by molar-refractivity contribution is 0.129. The van der Waals surface area contributed by atoms with E-state index in [-0.39, 0.29) is 11.1 Å². The molecule has 1 aromatic carbocycles. The predicted molar refractivity (Wildman–Crippen MR) is 73.4 cm³/mol. The van der Waals surface area contributed by atoms with Crippen molar-refractivity contribution in [2.45, 2.75) is 12.1 Å². The number of aromatic nitrogens is 1. The fourth-order valence-corrected chi connectivity index (χ4v) is 2.65. The van der Waals surface area contributed by atoms with Crippen LogP contribution in [-0.2, 0) is 4.74 Å². The lowest BCUT2D eigenvalue weighted by Gasteiger charge is -2.18. The van der Waals surface area contributed by atoms with Crippen molar-refractivity contribution < 1.29 is 22.7 Å². The number of nitrogens with zero attached hydrogens (tertiary/aromatic N) is 1. The van der Waals surface area contributed by atoms with Gasteiger partial charge in [0.1, 0.15) is 28.1 Å². The number of benzene rings is 1. The highest BCUT2D eigenvalue weighted by Crippen LogP contribution is 2.39. The van der Waals surface area contributed by atoms with E-state index in [0.29, 0.717) is 4.60 Å². The van der Waals surface area contributed by atoms with Crippen molar-refractivity contribution in [2.75, 3.05) is 0 Å². The van der Waals surface area contributed by atoms with Crippen LogP contribution in [0.3, 0.4) is 0 Å². The van der Waals surface area contributed by atoms with Gasteiger partial charge >= 0.3 is 6.09 Å². The van der Waals surface area contributed by atoms with Crippen molar-refractivity contribution in [3.8, 4) is 0 Å². The number of carbonyl (C=O) groups excluding carboxylic acids is 1. The van der Waals surface area contributed by atoms with Gasteiger partial charge in [-0.2, -0.15) is 0 Å². The summed E-state index contributed by atoms with van der Waals surface area (Å²) >= 11 is 3.10. The Balaban J connectivity index is 2.08. The molecule has 2 heterocycles. The highest BCUT2D eigenvalue weighted by Gasteiger charge is 2.39. The minimum absolute atomic E-state index is 0.0568. The third kappa shape index (κ3) is 2.66. The summed E-state index contributed by atoms with van der Waals surface area (Å²) in [6.45, 7) is 0. The average Bonchev–Trinajstić information content (AvgIpc) is 2.86. The first-order valence-electron chi connectivity index (χ1n) is 6.19. The van der Waals surface area contributed by atoms with Crippen LogP contribution in [0.15, 0.2) is 35.1 Å². The fourth-order valence-electron chi connectivity index (χ4n) is 2.30. The molecule has 0 spiro atoms. The summed E-state index contributed by atoms with van der Waals surface area (Å²) in [4.78, 5) is 15.2. The van der Waals surface area contributed by atoms with Crippen LogP contribution < -0.4 is 5.32 Å². The molecule has 2 atom stereocenters. The molecule has 3 rings (SSSR count). The molecule has 1 aliphatic heterocycles. The second-order valence-corrected chi connectivity index (χ2v) is 5.45. The number of halogens is 4. The maximum atomic E-state index is 14.0. The molecule has 1 N–H and O–H groups in total. The monoisotopic (exact) mass is 372 g/mol. The molecule has 0 bridgehead atoms. The van der Waals surface area contributed by atoms with E-state index in [9.17, 15) is 18.0 Å². The molecule has 1 fully saturated rings. The Labute approximate surface area is 131 Å². The fraction of sp³-hybridized carbons (Fsp3) is 0.143. The largest absolute Gasteiger partial charge is 0.439 e. The average molecular weight is 373 g/mol. The number of amides is 1. The first kappa shape index (κ1) is 14.8. The van der Waals surface area contributed by atoms with Gasteiger partial charge in [-0.3, -0.25) is 0 Å². The zero-order valence-electron chi connectivity index (χ0n) is 10.8. The van der Waals surface area contributed by atoms with Gasteiger partial charge in [0.15, 0.2) is 6.10 Å². The number of alkyl carbamates (subject to hydrolysis) is 1. The minimum atomic E-state index is -1.19. The Hall–Kier alpha value is -2.09. The van der Waals surface area contributed by atoms with Gasteiger partial charge in [-0.25, -0.2) is 22.9 Å². The molecule has 1 aliphatic rings. The lowest BCUT2D eigenvalue weighted by atomic mass is 9.96. The van der Waals surface area contributed by atoms with Crippen LogP contribution in [0, 0.1) is 17.5 Å². The molecule has 0 aliphatic carbocycles. The maximum Gasteiger partial charge on any atom is 0.408 e. The van der Waals surface area contributed by atoms with Crippen molar-refractivity contribution >= 4 is 22.0 Å². The minimum Gasteiger partial charge on any atom is -0.439 e. The van der Waals surface area contributed by atoms with Crippen molar-refractivity contribution in [2.24, 2.45) is 0 Å². The van der Waals surface area contributed by atoms with Gasteiger partial charge in [0.25, 0.3) is 0 Å². The summed E-state index contributed by atoms with van der Waals surface area (Å²) in [6, 6.07) is 3.14. The van der Waals surface area contributed by atoms with Gasteiger partial charge < -0.3 is 10.1 Å². The second kappa shape index (κ2) is 5.60. The molecule has 114 valence electrons. The quantitative estimate of drug-likeness (QED) is 0.816. The molecular weight excluding hydrogens is 365 g/mol. The van der Waals surface area contributed by atoms with Gasteiger partial charge in [0, 0.05) is 11.1 Å². The molecular formula is C14H8BrF3N2O2. The number of rotatable bonds is 2. The van der Waals surface area contributed by atoms with Crippen LogP contribution in [0.5, 0.6) is 0 Å². The number of hydrogen-bond acceptors (Lipinski definition) is 3. The SMILES string of the molecule is O=C1NC(c2cc(Br)ncc2F)C(c2cc(F)ccc2F)O1. The molecule has 1 aromatic heterocycles. The molecule has 2 unspecified atom stereocenters. The van der Waals surface area contributed by atoms with Gasteiger partial charge in [0.2, 0.25) is 0 Å². The van der Waals surface area contributed by atoms with Crippen molar-refractivity contribution in [1.29, 1.82) is 0 Å². The highest BCUT2D eigenvalue weighted by molar-refractivity contribution is 9.10. The van der Waals surface area contributed by atoms with Gasteiger partial charge in [0.05, 0.1) is 6.20 Å². The van der Waals surface area contributed by atoms with E-state index in [0.717, 1.165) is 24.4 Å². The first-order valence-corrected chi connectivity index (χ1v) is 6.98. The van der Waals surface area contributed by atoms with Crippen LogP contribution >= 0.6 is 15.9 Å². The molecule has 0 radical (unpaired) electrons. The summed E-state index contributed by atoms with van der Waals surface area (Å²) in [7, 11) is 0. The van der Waals surface area contributed by atoms with E-state index in [1.54, 1.807) is 0 Å². The second-order valence-electron chi connectivity index (χ2n) is 4.64. The third-order valence-corrected chi connectivity index (χ3v) is 3.70. The summed E-state index contributed by atoms with van der Waals surface area (Å²) in [5.41, 5.74) is -0.114. The topological polar surface area (TPSA) is 51.2 Å². The van der Waals surface area contributed by atoms with Crippen LogP contribution in [0.25, 0.3) is 0 Å². The number of cyclic esters (lactones) is 1. The highest BCUT2D eigenvalue weighted by atomic mass is 79.9. The molecule has 22 heavy (non-hydrogen) atoms. The normalized spacial score (nSPS) is 20.6. The van der Waals surface area contributed by atoms with Crippen molar-refractivity contribution in [3.63, 3.8) is 0 Å². The van der Waals surface area contributed by atoms with E-state index in [1.165, 1.54) is 6.07 Å². The Kier molecular flexibility index (Phi) is 3.78. The summed E-state index contributed by atoms with van der Waals surface area (Å²) in [5.74, 6) is -2.13. The van der Waals surface area contributed by atoms with Crippen molar-refractivity contribution in [3.05, 3.63) is 63.6 Å². The zero-order chi connectivity index (χ0) is 15.9. The lowest BCUT2D eigenvalue weighted by Crippen LogP contribution is -2.21. The molecule has 4 nitrogen and oxygen atoms in total. The summed E-state index contributed by atoms with van der Waals surface area (Å²) in [5, 5.41) is 2.39. The maximum absolute atomic E-state index is 14.0. The van der Waals surface area contributed by atoms with Crippen LogP contribution in [0.2, 0.25) is 0 Å². The number of pyridine rings is 1. The van der Waals surface area contributed by atoms with E-state index >= 15 is 0 Å². The first-order chi connectivity index (χ1) is 10.5. The van der Waals surface area contributed by atoms with E-state index < -0.39 is 35.7 Å². The number of carbonyl (C=O) groups is 1. The summed E-state index contributed by atoms with van der Waals surface area (Å²) < 4.78 is 46.5. The standard InChI is InChI=1S/C14H8BrF3N2O2/c15-11-4-7(10(18)5-19-11)12-13(22-14(21)20-12)8-3-6(16)1-2-9(8)17/h1-5,12-13H,(H,20,21). The molecule has 2 aromatic rings. The van der Waals surface area contributed by atoms with Gasteiger partial charge in [-0.1, -0.05) is 0 Å². The Morgan fingerprint density at radius 1 is 1.14 bits per heavy atom. The van der Waals surface area contributed by atoms with E-state index in [4.69, 9.17) is 4.74 Å². The Morgan fingerprint density at radius 3 is 2.68 bits per heavy atom. The Bertz CT molecular complexity index is 695. The third-order valence-electron chi connectivity index (χ3n) is 3.26. The van der Waals surface area contributed by atoms with E-state index in [2.05, 4.69) is 26.2 Å². The van der Waals surface area contributed by atoms with Crippen LogP contribution in [0.1, 0.15) is 23.3 Å². The number of nitrogens with one attached hydrogen (secondary N) is 1. The Morgan fingerprint density at radius 2 is 1.91 bits per heavy atom. The van der Waals surface area contributed by atoms with Crippen LogP contribution in [0.4, 0.5) is 18.0 Å². The molecule has 1 amide bonds. The van der Waals surface area contributed by atoms with Crippen LogP contribution in [-0.4, -0.2) is 11.1 Å². The molecule has 1 saturated heterocycles. The van der Waals surface area contributed by atoms with Gasteiger partial charge in [-0.05, 0) is 40.2 Å². The summed E-state index contributed by atoms with van der Waals surface area (Å²) in [6.07, 6.45) is -1.07. The number of hydrogen-bond donors (Lipinski definition) is 1. The molecule has 8 heteroatoms. The van der Waals surface area contributed by atoms with Crippen molar-refractivity contribution in [1.82, 2.24) is 10.3 Å². The predicted octanol–water partition coefficient (Wildman–Crippen LogP) is 3.78. The number of ether oxygens (including phenoxy) is 1. The zero-order valence-corrected chi connectivity index (χ0v) is 12.4. The van der Waals surface area contributed by atoms with E-state index in [1.807, 2.05) is 0 Å². The van der Waals surface area contributed by atoms with Gasteiger partial charge in [-0.15, -0.1) is 0 Å². The smallest absolute Gasteiger partial charge is 0.408 e. The molecule has 0 saturated carbocycles.